The van der Waals surface area contributed by atoms with E-state index in [1.165, 1.54) is 0 Å². The van der Waals surface area contributed by atoms with Crippen molar-refractivity contribution < 1.29 is 9.59 Å². The molecule has 1 heterocycles. The number of nitrogens with one attached hydrogen (secondary N) is 1. The van der Waals surface area contributed by atoms with Crippen molar-refractivity contribution in [3.05, 3.63) is 0 Å². The van der Waals surface area contributed by atoms with E-state index >= 15 is 0 Å². The lowest BCUT2D eigenvalue weighted by Gasteiger charge is -2.40. The van der Waals surface area contributed by atoms with Crippen LogP contribution in [0.15, 0.2) is 0 Å². The summed E-state index contributed by atoms with van der Waals surface area (Å²) in [5.74, 6) is -0.284. The lowest BCUT2D eigenvalue weighted by molar-refractivity contribution is -0.130. The van der Waals surface area contributed by atoms with Gasteiger partial charge >= 0.3 is 0 Å². The molecule has 0 aromatic heterocycles. The molecular weight excluding hydrogens is 338 g/mol. The smallest absolute Gasteiger partial charge is 0.233 e. The average molecular weight is 353 g/mol. The lowest BCUT2D eigenvalue weighted by atomic mass is 9.65. The molecule has 1 saturated heterocycles. The first kappa shape index (κ1) is 12.6. The Balaban J connectivity index is 2.33. The standard InChI is InChI=1S/C11H15Br2NO2/c1-2-3-11-5-8(13)7(12)4-6(11)9(15)14-10(11)16/h6-8H,2-5H2,1H3,(H,14,15,16). The molecule has 4 atom stereocenters. The van der Waals surface area contributed by atoms with Crippen molar-refractivity contribution in [2.24, 2.45) is 11.3 Å². The maximum atomic E-state index is 12.0. The number of alkyl halides is 2. The third-order valence-electron chi connectivity index (χ3n) is 3.78. The van der Waals surface area contributed by atoms with Crippen LogP contribution in [0, 0.1) is 11.3 Å². The Morgan fingerprint density at radius 1 is 1.38 bits per heavy atom. The molecule has 2 rings (SSSR count). The van der Waals surface area contributed by atoms with Crippen LogP contribution in [0.2, 0.25) is 0 Å². The minimum Gasteiger partial charge on any atom is -0.296 e. The molecule has 2 fully saturated rings. The fourth-order valence-corrected chi connectivity index (χ4v) is 4.34. The molecule has 16 heavy (non-hydrogen) atoms. The predicted molar refractivity (Wildman–Crippen MR) is 68.6 cm³/mol. The zero-order valence-electron chi connectivity index (χ0n) is 9.13. The molecule has 1 N–H and O–H groups in total. The predicted octanol–water partition coefficient (Wildman–Crippen LogP) is 2.37. The van der Waals surface area contributed by atoms with Gasteiger partial charge in [-0.1, -0.05) is 45.2 Å². The third-order valence-corrected chi connectivity index (χ3v) is 6.46. The highest BCUT2D eigenvalue weighted by molar-refractivity contribution is 9.12. The summed E-state index contributed by atoms with van der Waals surface area (Å²) < 4.78 is 0. The fourth-order valence-electron chi connectivity index (χ4n) is 2.98. The molecule has 1 saturated carbocycles. The number of hydrogen-bond acceptors (Lipinski definition) is 2. The van der Waals surface area contributed by atoms with Gasteiger partial charge in [-0.25, -0.2) is 0 Å². The zero-order chi connectivity index (χ0) is 11.9. The second kappa shape index (κ2) is 4.41. The summed E-state index contributed by atoms with van der Waals surface area (Å²) in [4.78, 5) is 24.3. The second-order valence-corrected chi connectivity index (χ2v) is 7.10. The molecule has 0 spiro atoms. The lowest BCUT2D eigenvalue weighted by Crippen LogP contribution is -2.44. The van der Waals surface area contributed by atoms with E-state index in [4.69, 9.17) is 0 Å². The number of amides is 2. The highest BCUT2D eigenvalue weighted by Crippen LogP contribution is 2.51. The number of halogens is 2. The van der Waals surface area contributed by atoms with E-state index in [1.807, 2.05) is 0 Å². The number of imide groups is 1. The molecule has 0 bridgehead atoms. The maximum absolute atomic E-state index is 12.0. The van der Waals surface area contributed by atoms with Crippen molar-refractivity contribution in [3.63, 3.8) is 0 Å². The number of carbonyl (C=O) groups excluding carboxylic acids is 2. The third kappa shape index (κ3) is 1.76. The SMILES string of the molecule is CCCC12CC(Br)C(Br)CC1C(=O)NC2=O. The Hall–Kier alpha value is 0.1000. The van der Waals surface area contributed by atoms with Crippen LogP contribution >= 0.6 is 31.9 Å². The van der Waals surface area contributed by atoms with Crippen molar-refractivity contribution in [1.29, 1.82) is 0 Å². The van der Waals surface area contributed by atoms with Gasteiger partial charge in [0, 0.05) is 9.65 Å². The van der Waals surface area contributed by atoms with Gasteiger partial charge in [0.15, 0.2) is 0 Å². The fraction of sp³-hybridized carbons (Fsp3) is 0.818. The average Bonchev–Trinajstić information content (AvgIpc) is 2.43. The van der Waals surface area contributed by atoms with Gasteiger partial charge in [0.1, 0.15) is 0 Å². The number of fused-ring (bicyclic) bond motifs is 1. The Kier molecular flexibility index (Phi) is 3.46. The van der Waals surface area contributed by atoms with Crippen molar-refractivity contribution in [2.75, 3.05) is 0 Å². The number of carbonyl (C=O) groups is 2. The molecule has 3 nitrogen and oxygen atoms in total. The van der Waals surface area contributed by atoms with Crippen LogP contribution in [0.25, 0.3) is 0 Å². The summed E-state index contributed by atoms with van der Waals surface area (Å²) in [7, 11) is 0. The highest BCUT2D eigenvalue weighted by atomic mass is 79.9. The molecular formula is C11H15Br2NO2. The molecule has 2 aliphatic rings. The Bertz CT molecular complexity index is 334. The van der Waals surface area contributed by atoms with Crippen LogP contribution in [-0.4, -0.2) is 21.5 Å². The van der Waals surface area contributed by atoms with Crippen LogP contribution < -0.4 is 5.32 Å². The first-order valence-corrected chi connectivity index (χ1v) is 7.48. The number of hydrogen-bond donors (Lipinski definition) is 1. The van der Waals surface area contributed by atoms with Gasteiger partial charge in [-0.05, 0) is 19.3 Å². The number of rotatable bonds is 2. The van der Waals surface area contributed by atoms with Gasteiger partial charge < -0.3 is 0 Å². The van der Waals surface area contributed by atoms with E-state index in [-0.39, 0.29) is 27.4 Å². The Labute approximate surface area is 112 Å². The van der Waals surface area contributed by atoms with Gasteiger partial charge in [-0.3, -0.25) is 14.9 Å². The first-order chi connectivity index (χ1) is 7.51. The summed E-state index contributed by atoms with van der Waals surface area (Å²) in [5, 5.41) is 2.51. The van der Waals surface area contributed by atoms with Gasteiger partial charge in [-0.2, -0.15) is 0 Å². The zero-order valence-corrected chi connectivity index (χ0v) is 12.3. The van der Waals surface area contributed by atoms with Crippen LogP contribution in [-0.2, 0) is 9.59 Å². The van der Waals surface area contributed by atoms with Crippen molar-refractivity contribution in [2.45, 2.75) is 42.3 Å². The molecule has 1 aliphatic heterocycles. The molecule has 4 unspecified atom stereocenters. The van der Waals surface area contributed by atoms with Crippen molar-refractivity contribution in [1.82, 2.24) is 5.32 Å². The summed E-state index contributed by atoms with van der Waals surface area (Å²) in [6, 6.07) is 0. The van der Waals surface area contributed by atoms with Gasteiger partial charge in [0.25, 0.3) is 0 Å². The summed E-state index contributed by atoms with van der Waals surface area (Å²) in [6.45, 7) is 2.06. The Morgan fingerprint density at radius 2 is 2.06 bits per heavy atom. The van der Waals surface area contributed by atoms with Crippen LogP contribution in [0.3, 0.4) is 0 Å². The van der Waals surface area contributed by atoms with Gasteiger partial charge in [0.05, 0.1) is 11.3 Å². The largest absolute Gasteiger partial charge is 0.296 e. The minimum atomic E-state index is -0.454. The summed E-state index contributed by atoms with van der Waals surface area (Å²) >= 11 is 7.18. The highest BCUT2D eigenvalue weighted by Gasteiger charge is 2.58. The van der Waals surface area contributed by atoms with E-state index < -0.39 is 5.41 Å². The molecule has 5 heteroatoms. The normalized spacial score (nSPS) is 43.1. The van der Waals surface area contributed by atoms with E-state index in [9.17, 15) is 9.59 Å². The monoisotopic (exact) mass is 351 g/mol. The van der Waals surface area contributed by atoms with Crippen LogP contribution in [0.4, 0.5) is 0 Å². The minimum absolute atomic E-state index is 0.0619. The van der Waals surface area contributed by atoms with E-state index in [1.54, 1.807) is 0 Å². The molecule has 0 aromatic rings. The van der Waals surface area contributed by atoms with E-state index in [0.29, 0.717) is 0 Å². The molecule has 90 valence electrons. The first-order valence-electron chi connectivity index (χ1n) is 5.64. The van der Waals surface area contributed by atoms with Crippen molar-refractivity contribution >= 4 is 43.7 Å². The van der Waals surface area contributed by atoms with Crippen LogP contribution in [0.1, 0.15) is 32.6 Å². The molecule has 1 aliphatic carbocycles. The van der Waals surface area contributed by atoms with Gasteiger partial charge in [-0.15, -0.1) is 0 Å². The van der Waals surface area contributed by atoms with Gasteiger partial charge in [0.2, 0.25) is 11.8 Å². The molecule has 0 radical (unpaired) electrons. The van der Waals surface area contributed by atoms with Crippen molar-refractivity contribution in [3.8, 4) is 0 Å². The van der Waals surface area contributed by atoms with E-state index in [2.05, 4.69) is 44.1 Å². The topological polar surface area (TPSA) is 46.2 Å². The van der Waals surface area contributed by atoms with E-state index in [0.717, 1.165) is 25.7 Å². The quantitative estimate of drug-likeness (QED) is 0.612. The summed E-state index contributed by atoms with van der Waals surface area (Å²) in [5.41, 5.74) is -0.454. The molecule has 0 aromatic carbocycles. The second-order valence-electron chi connectivity index (χ2n) is 4.75. The Morgan fingerprint density at radius 3 is 2.69 bits per heavy atom. The van der Waals surface area contributed by atoms with Crippen LogP contribution in [0.5, 0.6) is 0 Å². The summed E-state index contributed by atoms with van der Waals surface area (Å²) in [6.07, 6.45) is 3.23. The maximum Gasteiger partial charge on any atom is 0.233 e. The molecule has 2 amide bonds.